The van der Waals surface area contributed by atoms with E-state index in [4.69, 9.17) is 21.4 Å². The summed E-state index contributed by atoms with van der Waals surface area (Å²) in [7, 11) is 0. The number of nitrogens with one attached hydrogen (secondary N) is 1. The highest BCUT2D eigenvalue weighted by molar-refractivity contribution is 6.31. The molecule has 1 aliphatic heterocycles. The Balaban J connectivity index is 1.56. The fraction of sp³-hybridized carbons (Fsp3) is 0.450. The number of anilines is 2. The van der Waals surface area contributed by atoms with Crippen LogP contribution in [0, 0.1) is 0 Å². The minimum absolute atomic E-state index is 0.188. The number of aromatic nitrogens is 2. The first kappa shape index (κ1) is 19.6. The average molecular weight is 390 g/mol. The molecule has 7 heteroatoms. The maximum Gasteiger partial charge on any atom is 0.303 e. The van der Waals surface area contributed by atoms with E-state index in [1.54, 1.807) is 6.20 Å². The van der Waals surface area contributed by atoms with E-state index >= 15 is 0 Å². The second-order valence-electron chi connectivity index (χ2n) is 6.73. The minimum Gasteiger partial charge on any atom is -0.481 e. The van der Waals surface area contributed by atoms with Gasteiger partial charge in [-0.1, -0.05) is 23.7 Å². The van der Waals surface area contributed by atoms with Gasteiger partial charge in [-0.3, -0.25) is 4.79 Å². The predicted octanol–water partition coefficient (Wildman–Crippen LogP) is 4.39. The van der Waals surface area contributed by atoms with Gasteiger partial charge in [0.15, 0.2) is 0 Å². The van der Waals surface area contributed by atoms with Crippen LogP contribution in [0.4, 0.5) is 11.6 Å². The molecule has 0 saturated carbocycles. The van der Waals surface area contributed by atoms with Crippen molar-refractivity contribution in [3.05, 3.63) is 46.7 Å². The van der Waals surface area contributed by atoms with E-state index in [2.05, 4.69) is 15.3 Å². The molecule has 0 spiro atoms. The molecule has 6 nitrogen and oxygen atoms in total. The number of rotatable bonds is 9. The Kier molecular flexibility index (Phi) is 7.01. The molecule has 27 heavy (non-hydrogen) atoms. The van der Waals surface area contributed by atoms with Crippen LogP contribution >= 0.6 is 11.6 Å². The SMILES string of the molecule is O=C(O)CCCc1ccc(Nc2ncc(Cl)c(CC[C@@H]3CCCO3)n2)cc1. The second kappa shape index (κ2) is 9.67. The minimum atomic E-state index is -0.761. The lowest BCUT2D eigenvalue weighted by Gasteiger charge is -2.11. The Hall–Kier alpha value is -2.18. The maximum atomic E-state index is 10.6. The van der Waals surface area contributed by atoms with Gasteiger partial charge in [0.25, 0.3) is 0 Å². The number of nitrogens with zero attached hydrogens (tertiary/aromatic N) is 2. The number of aryl methyl sites for hydroxylation is 2. The van der Waals surface area contributed by atoms with Gasteiger partial charge in [0.05, 0.1) is 23.0 Å². The topological polar surface area (TPSA) is 84.3 Å². The molecule has 0 bridgehead atoms. The molecule has 1 aromatic carbocycles. The quantitative estimate of drug-likeness (QED) is 0.661. The van der Waals surface area contributed by atoms with E-state index in [9.17, 15) is 4.79 Å². The van der Waals surface area contributed by atoms with Gasteiger partial charge in [0, 0.05) is 18.7 Å². The number of carboxylic acid groups (broad SMARTS) is 1. The van der Waals surface area contributed by atoms with Crippen molar-refractivity contribution in [1.82, 2.24) is 9.97 Å². The Morgan fingerprint density at radius 1 is 1.30 bits per heavy atom. The van der Waals surface area contributed by atoms with Crippen LogP contribution in [0.15, 0.2) is 30.5 Å². The number of hydrogen-bond donors (Lipinski definition) is 2. The summed E-state index contributed by atoms with van der Waals surface area (Å²) in [4.78, 5) is 19.4. The highest BCUT2D eigenvalue weighted by Crippen LogP contribution is 2.22. The molecule has 3 rings (SSSR count). The normalized spacial score (nSPS) is 16.4. The summed E-state index contributed by atoms with van der Waals surface area (Å²) in [6.45, 7) is 0.848. The van der Waals surface area contributed by atoms with Crippen molar-refractivity contribution in [2.75, 3.05) is 11.9 Å². The lowest BCUT2D eigenvalue weighted by atomic mass is 10.1. The van der Waals surface area contributed by atoms with Crippen molar-refractivity contribution in [2.45, 2.75) is 51.0 Å². The van der Waals surface area contributed by atoms with Crippen LogP contribution in [-0.2, 0) is 22.4 Å². The highest BCUT2D eigenvalue weighted by atomic mass is 35.5. The number of ether oxygens (including phenoxy) is 1. The molecule has 144 valence electrons. The molecule has 1 saturated heterocycles. The van der Waals surface area contributed by atoms with E-state index in [0.29, 0.717) is 23.5 Å². The van der Waals surface area contributed by atoms with Crippen LogP contribution < -0.4 is 5.32 Å². The van der Waals surface area contributed by atoms with Gasteiger partial charge in [-0.15, -0.1) is 0 Å². The number of hydrogen-bond acceptors (Lipinski definition) is 5. The third kappa shape index (κ3) is 6.19. The van der Waals surface area contributed by atoms with E-state index in [1.165, 1.54) is 0 Å². The van der Waals surface area contributed by atoms with Crippen molar-refractivity contribution < 1.29 is 14.6 Å². The van der Waals surface area contributed by atoms with Crippen LogP contribution in [0.5, 0.6) is 0 Å². The van der Waals surface area contributed by atoms with E-state index in [1.807, 2.05) is 24.3 Å². The average Bonchev–Trinajstić information content (AvgIpc) is 3.17. The summed E-state index contributed by atoms with van der Waals surface area (Å²) >= 11 is 6.24. The third-order valence-electron chi connectivity index (χ3n) is 4.61. The van der Waals surface area contributed by atoms with Gasteiger partial charge in [-0.25, -0.2) is 9.97 Å². The molecular formula is C20H24ClN3O3. The standard InChI is InChI=1S/C20H24ClN3O3/c21-17-13-22-20(24-18(17)11-10-16-4-2-12-27-16)23-15-8-6-14(7-9-15)3-1-5-19(25)26/h6-9,13,16H,1-5,10-12H2,(H,25,26)(H,22,23,24)/t16-/m0/s1. The first-order valence-electron chi connectivity index (χ1n) is 9.31. The van der Waals surface area contributed by atoms with Crippen LogP contribution in [-0.4, -0.2) is 33.8 Å². The molecule has 0 unspecified atom stereocenters. The van der Waals surface area contributed by atoms with Crippen molar-refractivity contribution in [2.24, 2.45) is 0 Å². The van der Waals surface area contributed by atoms with E-state index < -0.39 is 5.97 Å². The van der Waals surface area contributed by atoms with Gasteiger partial charge in [0.1, 0.15) is 0 Å². The van der Waals surface area contributed by atoms with Crippen LogP contribution in [0.2, 0.25) is 5.02 Å². The summed E-state index contributed by atoms with van der Waals surface area (Å²) in [6.07, 6.45) is 7.42. The Morgan fingerprint density at radius 3 is 2.81 bits per heavy atom. The Morgan fingerprint density at radius 2 is 2.11 bits per heavy atom. The summed E-state index contributed by atoms with van der Waals surface area (Å²) in [6, 6.07) is 7.86. The maximum absolute atomic E-state index is 10.6. The molecular weight excluding hydrogens is 366 g/mol. The fourth-order valence-electron chi connectivity index (χ4n) is 3.14. The van der Waals surface area contributed by atoms with Gasteiger partial charge >= 0.3 is 5.97 Å². The van der Waals surface area contributed by atoms with Gasteiger partial charge < -0.3 is 15.2 Å². The first-order chi connectivity index (χ1) is 13.1. The van der Waals surface area contributed by atoms with Crippen molar-refractivity contribution in [1.29, 1.82) is 0 Å². The third-order valence-corrected chi connectivity index (χ3v) is 4.93. The number of carboxylic acids is 1. The van der Waals surface area contributed by atoms with Crippen LogP contribution in [0.25, 0.3) is 0 Å². The second-order valence-corrected chi connectivity index (χ2v) is 7.14. The van der Waals surface area contributed by atoms with Crippen molar-refractivity contribution in [3.8, 4) is 0 Å². The van der Waals surface area contributed by atoms with Gasteiger partial charge in [-0.2, -0.15) is 0 Å². The molecule has 2 N–H and O–H groups in total. The van der Waals surface area contributed by atoms with Crippen LogP contribution in [0.1, 0.15) is 43.4 Å². The monoisotopic (exact) mass is 389 g/mol. The van der Waals surface area contributed by atoms with E-state index in [0.717, 1.165) is 55.7 Å². The lowest BCUT2D eigenvalue weighted by Crippen LogP contribution is -2.08. The zero-order chi connectivity index (χ0) is 19.1. The smallest absolute Gasteiger partial charge is 0.303 e. The molecule has 0 aliphatic carbocycles. The van der Waals surface area contributed by atoms with E-state index in [-0.39, 0.29) is 6.42 Å². The zero-order valence-corrected chi connectivity index (χ0v) is 15.9. The molecule has 1 aromatic heterocycles. The van der Waals surface area contributed by atoms with Gasteiger partial charge in [0.2, 0.25) is 5.95 Å². The largest absolute Gasteiger partial charge is 0.481 e. The highest BCUT2D eigenvalue weighted by Gasteiger charge is 2.16. The number of benzene rings is 1. The van der Waals surface area contributed by atoms with Crippen molar-refractivity contribution in [3.63, 3.8) is 0 Å². The molecule has 2 aromatic rings. The summed E-state index contributed by atoms with van der Waals surface area (Å²) in [5, 5.41) is 12.5. The molecule has 0 radical (unpaired) electrons. The first-order valence-corrected chi connectivity index (χ1v) is 9.69. The molecule has 0 amide bonds. The summed E-state index contributed by atoms with van der Waals surface area (Å²) < 4.78 is 5.66. The fourth-order valence-corrected chi connectivity index (χ4v) is 3.32. The zero-order valence-electron chi connectivity index (χ0n) is 15.2. The number of aliphatic carboxylic acids is 1. The molecule has 1 atom stereocenters. The number of halogens is 1. The molecule has 1 fully saturated rings. The Bertz CT molecular complexity index is 762. The summed E-state index contributed by atoms with van der Waals surface area (Å²) in [5.74, 6) is -0.246. The van der Waals surface area contributed by atoms with Gasteiger partial charge in [-0.05, 0) is 56.2 Å². The van der Waals surface area contributed by atoms with Crippen molar-refractivity contribution >= 4 is 29.2 Å². The Labute approximate surface area is 163 Å². The number of carbonyl (C=O) groups is 1. The van der Waals surface area contributed by atoms with Crippen LogP contribution in [0.3, 0.4) is 0 Å². The summed E-state index contributed by atoms with van der Waals surface area (Å²) in [5.41, 5.74) is 2.82. The molecule has 1 aliphatic rings. The predicted molar refractivity (Wildman–Crippen MR) is 105 cm³/mol. The lowest BCUT2D eigenvalue weighted by molar-refractivity contribution is -0.137. The molecule has 2 heterocycles.